The van der Waals surface area contributed by atoms with E-state index in [1.807, 2.05) is 0 Å². The molecule has 1 aromatic carbocycles. The number of esters is 1. The van der Waals surface area contributed by atoms with E-state index in [-0.39, 0.29) is 24.8 Å². The second-order valence-corrected chi connectivity index (χ2v) is 7.21. The van der Waals surface area contributed by atoms with Gasteiger partial charge >= 0.3 is 5.97 Å². The van der Waals surface area contributed by atoms with Crippen LogP contribution in [0.25, 0.3) is 0 Å². The van der Waals surface area contributed by atoms with Gasteiger partial charge in [0.25, 0.3) is 5.91 Å². The number of ketones is 1. The molecule has 0 unspecified atom stereocenters. The van der Waals surface area contributed by atoms with Crippen LogP contribution in [0.15, 0.2) is 24.3 Å². The van der Waals surface area contributed by atoms with Crippen LogP contribution in [0, 0.1) is 5.41 Å². The average Bonchev–Trinajstić information content (AvgIpc) is 3.02. The molecular weight excluding hydrogens is 336 g/mol. The number of benzene rings is 1. The molecule has 1 fully saturated rings. The molecule has 0 bridgehead atoms. The molecule has 1 saturated heterocycles. The predicted molar refractivity (Wildman–Crippen MR) is 95.8 cm³/mol. The molecule has 2 amide bonds. The van der Waals surface area contributed by atoms with Crippen molar-refractivity contribution in [1.82, 2.24) is 5.32 Å². The minimum atomic E-state index is -0.671. The van der Waals surface area contributed by atoms with Gasteiger partial charge in [-0.2, -0.15) is 0 Å². The van der Waals surface area contributed by atoms with Crippen molar-refractivity contribution >= 4 is 29.3 Å². The number of nitrogens with one attached hydrogen (secondary N) is 1. The van der Waals surface area contributed by atoms with Gasteiger partial charge in [-0.05, 0) is 30.7 Å². The molecule has 0 aromatic heterocycles. The Labute approximate surface area is 152 Å². The highest BCUT2D eigenvalue weighted by Gasteiger charge is 2.23. The molecule has 140 valence electrons. The largest absolute Gasteiger partial charge is 0.456 e. The van der Waals surface area contributed by atoms with Gasteiger partial charge in [0.15, 0.2) is 12.4 Å². The van der Waals surface area contributed by atoms with Crippen LogP contribution in [0.5, 0.6) is 0 Å². The first kappa shape index (κ1) is 19.6. The monoisotopic (exact) mass is 360 g/mol. The summed E-state index contributed by atoms with van der Waals surface area (Å²) in [7, 11) is 0. The van der Waals surface area contributed by atoms with E-state index in [1.165, 1.54) is 0 Å². The topological polar surface area (TPSA) is 92.8 Å². The van der Waals surface area contributed by atoms with Crippen LogP contribution < -0.4 is 10.2 Å². The summed E-state index contributed by atoms with van der Waals surface area (Å²) >= 11 is 0. The summed E-state index contributed by atoms with van der Waals surface area (Å²) in [5.74, 6) is -1.21. The number of nitrogens with zero attached hydrogens (tertiary/aromatic N) is 1. The van der Waals surface area contributed by atoms with Gasteiger partial charge in [-0.15, -0.1) is 0 Å². The first-order chi connectivity index (χ1) is 12.2. The third kappa shape index (κ3) is 5.15. The molecule has 1 N–H and O–H groups in total. The van der Waals surface area contributed by atoms with Gasteiger partial charge in [0.2, 0.25) is 5.91 Å². The first-order valence-electron chi connectivity index (χ1n) is 8.56. The maximum absolute atomic E-state index is 12.1. The van der Waals surface area contributed by atoms with Gasteiger partial charge < -0.3 is 15.0 Å². The van der Waals surface area contributed by atoms with Crippen molar-refractivity contribution in [2.45, 2.75) is 33.6 Å². The number of hydrogen-bond acceptors (Lipinski definition) is 5. The van der Waals surface area contributed by atoms with E-state index >= 15 is 0 Å². The number of carbonyl (C=O) groups excluding carboxylic acids is 4. The molecule has 0 aliphatic carbocycles. The summed E-state index contributed by atoms with van der Waals surface area (Å²) in [4.78, 5) is 48.8. The van der Waals surface area contributed by atoms with E-state index in [4.69, 9.17) is 4.74 Å². The Morgan fingerprint density at radius 3 is 2.35 bits per heavy atom. The first-order valence-corrected chi connectivity index (χ1v) is 8.56. The number of amides is 2. The zero-order valence-corrected chi connectivity index (χ0v) is 15.3. The Morgan fingerprint density at radius 2 is 1.81 bits per heavy atom. The molecule has 1 aliphatic heterocycles. The lowest BCUT2D eigenvalue weighted by atomic mass is 9.91. The molecule has 1 heterocycles. The van der Waals surface area contributed by atoms with Crippen molar-refractivity contribution in [2.24, 2.45) is 5.41 Å². The summed E-state index contributed by atoms with van der Waals surface area (Å²) in [6.07, 6.45) is 1.38. The second-order valence-electron chi connectivity index (χ2n) is 7.21. The summed E-state index contributed by atoms with van der Waals surface area (Å²) in [6.45, 7) is 5.28. The molecular formula is C19H24N2O5. The van der Waals surface area contributed by atoms with Gasteiger partial charge in [0.05, 0.1) is 0 Å². The minimum Gasteiger partial charge on any atom is -0.456 e. The van der Waals surface area contributed by atoms with Crippen molar-refractivity contribution in [2.75, 3.05) is 24.6 Å². The van der Waals surface area contributed by atoms with E-state index in [0.29, 0.717) is 18.5 Å². The number of ether oxygens (including phenoxy) is 1. The molecule has 0 atom stereocenters. The third-order valence-corrected chi connectivity index (χ3v) is 4.11. The standard InChI is InChI=1S/C19H24N2O5/c1-19(2,3)15(22)12-26-17(24)11-20-18(25)13-6-8-14(9-7-13)21-10-4-5-16(21)23/h6-9H,4-5,10-12H2,1-3H3,(H,20,25). The molecule has 26 heavy (non-hydrogen) atoms. The summed E-state index contributed by atoms with van der Waals surface area (Å²) in [6, 6.07) is 6.62. The van der Waals surface area contributed by atoms with Crippen LogP contribution in [0.3, 0.4) is 0 Å². The van der Waals surface area contributed by atoms with Crippen molar-refractivity contribution in [3.05, 3.63) is 29.8 Å². The Balaban J connectivity index is 1.81. The van der Waals surface area contributed by atoms with Crippen LogP contribution in [0.4, 0.5) is 5.69 Å². The van der Waals surface area contributed by atoms with E-state index in [0.717, 1.165) is 12.1 Å². The maximum atomic E-state index is 12.1. The lowest BCUT2D eigenvalue weighted by molar-refractivity contribution is -0.149. The van der Waals surface area contributed by atoms with Gasteiger partial charge in [-0.1, -0.05) is 20.8 Å². The lowest BCUT2D eigenvalue weighted by Crippen LogP contribution is -2.33. The van der Waals surface area contributed by atoms with Gasteiger partial charge in [0, 0.05) is 29.6 Å². The van der Waals surface area contributed by atoms with E-state index in [1.54, 1.807) is 49.9 Å². The number of Topliss-reactive ketones (excluding diaryl/α,β-unsaturated/α-hetero) is 1. The van der Waals surface area contributed by atoms with E-state index in [9.17, 15) is 19.2 Å². The quantitative estimate of drug-likeness (QED) is 0.780. The van der Waals surface area contributed by atoms with Crippen molar-refractivity contribution in [1.29, 1.82) is 0 Å². The average molecular weight is 360 g/mol. The molecule has 1 aromatic rings. The van der Waals surface area contributed by atoms with Crippen LogP contribution in [-0.2, 0) is 19.1 Å². The zero-order chi connectivity index (χ0) is 19.3. The number of rotatable bonds is 6. The maximum Gasteiger partial charge on any atom is 0.325 e. The van der Waals surface area contributed by atoms with E-state index < -0.39 is 17.3 Å². The Kier molecular flexibility index (Phi) is 6.13. The molecule has 0 spiro atoms. The highest BCUT2D eigenvalue weighted by atomic mass is 16.5. The highest BCUT2D eigenvalue weighted by molar-refractivity contribution is 5.98. The lowest BCUT2D eigenvalue weighted by Gasteiger charge is -2.16. The fourth-order valence-electron chi connectivity index (χ4n) is 2.38. The van der Waals surface area contributed by atoms with Crippen LogP contribution in [0.1, 0.15) is 44.0 Å². The molecule has 1 aliphatic rings. The Hall–Kier alpha value is -2.70. The number of carbonyl (C=O) groups is 4. The number of hydrogen-bond donors (Lipinski definition) is 1. The minimum absolute atomic E-state index is 0.0785. The molecule has 0 radical (unpaired) electrons. The SMILES string of the molecule is CC(C)(C)C(=O)COC(=O)CNC(=O)c1ccc(N2CCCC2=O)cc1. The Morgan fingerprint density at radius 1 is 1.15 bits per heavy atom. The van der Waals surface area contributed by atoms with E-state index in [2.05, 4.69) is 5.32 Å². The van der Waals surface area contributed by atoms with Crippen molar-refractivity contribution in [3.8, 4) is 0 Å². The molecule has 7 heteroatoms. The predicted octanol–water partition coefficient (Wildman–Crippen LogP) is 1.70. The van der Waals surface area contributed by atoms with Crippen LogP contribution in [-0.4, -0.2) is 43.3 Å². The fraction of sp³-hybridized carbons (Fsp3) is 0.474. The summed E-state index contributed by atoms with van der Waals surface area (Å²) in [5, 5.41) is 2.45. The summed E-state index contributed by atoms with van der Waals surface area (Å²) in [5.41, 5.74) is 0.547. The molecule has 7 nitrogen and oxygen atoms in total. The second kappa shape index (κ2) is 8.12. The van der Waals surface area contributed by atoms with Gasteiger partial charge in [-0.25, -0.2) is 0 Å². The number of anilines is 1. The van der Waals surface area contributed by atoms with Crippen LogP contribution in [0.2, 0.25) is 0 Å². The van der Waals surface area contributed by atoms with Crippen LogP contribution >= 0.6 is 0 Å². The van der Waals surface area contributed by atoms with Gasteiger partial charge in [0.1, 0.15) is 6.54 Å². The smallest absolute Gasteiger partial charge is 0.325 e. The molecule has 2 rings (SSSR count). The zero-order valence-electron chi connectivity index (χ0n) is 15.3. The molecule has 0 saturated carbocycles. The highest BCUT2D eigenvalue weighted by Crippen LogP contribution is 2.21. The summed E-state index contributed by atoms with van der Waals surface area (Å²) < 4.78 is 4.87. The third-order valence-electron chi connectivity index (χ3n) is 4.11. The van der Waals surface area contributed by atoms with Gasteiger partial charge in [-0.3, -0.25) is 19.2 Å². The Bertz CT molecular complexity index is 704. The normalized spacial score (nSPS) is 14.3. The van der Waals surface area contributed by atoms with Crippen molar-refractivity contribution < 1.29 is 23.9 Å². The van der Waals surface area contributed by atoms with Crippen molar-refractivity contribution in [3.63, 3.8) is 0 Å². The fourth-order valence-corrected chi connectivity index (χ4v) is 2.38.